The Morgan fingerprint density at radius 2 is 0.902 bits per heavy atom. The van der Waals surface area contributed by atoms with Gasteiger partial charge in [-0.15, -0.1) is 0 Å². The van der Waals surface area contributed by atoms with Crippen molar-refractivity contribution >= 4 is 65.6 Å². The zero-order valence-corrected chi connectivity index (χ0v) is 27.6. The van der Waals surface area contributed by atoms with Crippen molar-refractivity contribution in [2.24, 2.45) is 0 Å². The van der Waals surface area contributed by atoms with E-state index in [1.54, 1.807) is 0 Å². The topological polar surface area (TPSA) is 23.0 Å². The van der Waals surface area contributed by atoms with Crippen molar-refractivity contribution < 1.29 is 4.42 Å². The Morgan fingerprint density at radius 1 is 0.353 bits per heavy atom. The van der Waals surface area contributed by atoms with Crippen molar-refractivity contribution in [2.45, 2.75) is 0 Å². The fourth-order valence-electron chi connectivity index (χ4n) is 8.29. The van der Waals surface area contributed by atoms with Gasteiger partial charge in [0.1, 0.15) is 5.58 Å². The van der Waals surface area contributed by atoms with Crippen LogP contribution in [-0.2, 0) is 0 Å². The Balaban J connectivity index is 1.12. The molecular weight excluding hydrogens is 621 g/mol. The van der Waals surface area contributed by atoms with Crippen molar-refractivity contribution in [3.8, 4) is 33.6 Å². The molecule has 11 rings (SSSR count). The summed E-state index contributed by atoms with van der Waals surface area (Å²) in [6.45, 7) is 0. The molecule has 0 aliphatic carbocycles. The summed E-state index contributed by atoms with van der Waals surface area (Å²) in [6, 6.07) is 65.3. The first-order valence-electron chi connectivity index (χ1n) is 17.4. The van der Waals surface area contributed by atoms with Gasteiger partial charge in [-0.1, -0.05) is 121 Å². The summed E-state index contributed by atoms with van der Waals surface area (Å²) < 4.78 is 11.5. The summed E-state index contributed by atoms with van der Waals surface area (Å²) in [5, 5.41) is 7.20. The number of hydrogen-bond acceptors (Lipinski definition) is 1. The third kappa shape index (κ3) is 4.12. The predicted octanol–water partition coefficient (Wildman–Crippen LogP) is 13.1. The van der Waals surface area contributed by atoms with Crippen LogP contribution in [0, 0.1) is 0 Å². The maximum atomic E-state index is 6.75. The van der Waals surface area contributed by atoms with Gasteiger partial charge in [-0.3, -0.25) is 0 Å². The number of aromatic nitrogens is 2. The van der Waals surface area contributed by atoms with Gasteiger partial charge in [-0.25, -0.2) is 0 Å². The van der Waals surface area contributed by atoms with Crippen molar-refractivity contribution in [2.75, 3.05) is 0 Å². The summed E-state index contributed by atoms with van der Waals surface area (Å²) in [6.07, 6.45) is 0. The number of benzene rings is 8. The summed E-state index contributed by atoms with van der Waals surface area (Å²) in [4.78, 5) is 0. The lowest BCUT2D eigenvalue weighted by atomic mass is 9.99. The van der Waals surface area contributed by atoms with Crippen LogP contribution in [0.25, 0.3) is 99.2 Å². The lowest BCUT2D eigenvalue weighted by molar-refractivity contribution is 0.666. The van der Waals surface area contributed by atoms with E-state index in [9.17, 15) is 0 Å². The van der Waals surface area contributed by atoms with E-state index in [-0.39, 0.29) is 0 Å². The molecule has 0 spiro atoms. The first kappa shape index (κ1) is 28.0. The number of para-hydroxylation sites is 4. The molecule has 0 atom stereocenters. The Bertz CT molecular complexity index is 3130. The maximum Gasteiger partial charge on any atom is 0.159 e. The highest BCUT2D eigenvalue weighted by molar-refractivity contribution is 6.17. The molecule has 51 heavy (non-hydrogen) atoms. The van der Waals surface area contributed by atoms with Crippen molar-refractivity contribution in [1.82, 2.24) is 9.13 Å². The summed E-state index contributed by atoms with van der Waals surface area (Å²) >= 11 is 0. The Labute approximate surface area is 293 Å². The Morgan fingerprint density at radius 3 is 1.61 bits per heavy atom. The molecule has 3 heteroatoms. The second kappa shape index (κ2) is 10.8. The fraction of sp³-hybridized carbons (Fsp3) is 0. The van der Waals surface area contributed by atoms with Gasteiger partial charge in [0.2, 0.25) is 0 Å². The normalized spacial score (nSPS) is 11.9. The van der Waals surface area contributed by atoms with Crippen molar-refractivity contribution in [3.05, 3.63) is 182 Å². The molecule has 8 aromatic carbocycles. The largest absolute Gasteiger partial charge is 0.454 e. The van der Waals surface area contributed by atoms with E-state index in [1.165, 1.54) is 60.5 Å². The Kier molecular flexibility index (Phi) is 5.96. The van der Waals surface area contributed by atoms with Gasteiger partial charge in [0, 0.05) is 38.0 Å². The molecule has 0 aliphatic heterocycles. The molecule has 0 N–H and O–H groups in total. The maximum absolute atomic E-state index is 6.75. The lowest BCUT2D eigenvalue weighted by Gasteiger charge is -2.10. The molecule has 0 radical (unpaired) electrons. The van der Waals surface area contributed by atoms with Gasteiger partial charge < -0.3 is 13.6 Å². The van der Waals surface area contributed by atoms with Crippen LogP contribution in [0.1, 0.15) is 0 Å². The molecule has 0 unspecified atom stereocenters. The molecule has 238 valence electrons. The molecule has 0 saturated carbocycles. The van der Waals surface area contributed by atoms with Gasteiger partial charge >= 0.3 is 0 Å². The van der Waals surface area contributed by atoms with Crippen LogP contribution in [0.3, 0.4) is 0 Å². The molecule has 3 aromatic heterocycles. The number of rotatable bonds is 4. The molecule has 0 fully saturated rings. The van der Waals surface area contributed by atoms with E-state index in [1.807, 2.05) is 0 Å². The van der Waals surface area contributed by atoms with Gasteiger partial charge in [0.25, 0.3) is 0 Å². The van der Waals surface area contributed by atoms with Crippen LogP contribution >= 0.6 is 0 Å². The van der Waals surface area contributed by atoms with E-state index >= 15 is 0 Å². The third-order valence-electron chi connectivity index (χ3n) is 10.5. The first-order chi connectivity index (χ1) is 25.3. The summed E-state index contributed by atoms with van der Waals surface area (Å²) in [5.41, 5.74) is 13.5. The van der Waals surface area contributed by atoms with Crippen LogP contribution in [0.2, 0.25) is 0 Å². The van der Waals surface area contributed by atoms with Crippen LogP contribution < -0.4 is 0 Å². The lowest BCUT2D eigenvalue weighted by Crippen LogP contribution is -1.94. The highest BCUT2D eigenvalue weighted by Crippen LogP contribution is 2.42. The van der Waals surface area contributed by atoms with E-state index < -0.39 is 0 Å². The molecule has 3 nitrogen and oxygen atoms in total. The first-order valence-corrected chi connectivity index (χ1v) is 17.4. The van der Waals surface area contributed by atoms with E-state index in [2.05, 4.69) is 191 Å². The summed E-state index contributed by atoms with van der Waals surface area (Å²) in [7, 11) is 0. The van der Waals surface area contributed by atoms with Gasteiger partial charge in [-0.2, -0.15) is 0 Å². The standard InChI is InChI=1S/C48H30N2O/c1-3-13-31(14-4-1)35-19-12-24-46-47(35)38-20-11-23-45(48(38)51-46)50-42-22-10-8-18-37(42)40-30-33(26-28-44(40)50)32-25-27-43-39(29-32)36-17-7-9-21-41(36)49(43)34-15-5-2-6-16-34/h1-30H. The van der Waals surface area contributed by atoms with Gasteiger partial charge in [0.05, 0.1) is 27.8 Å². The van der Waals surface area contributed by atoms with E-state index in [4.69, 9.17) is 4.42 Å². The molecule has 0 amide bonds. The molecule has 0 bridgehead atoms. The summed E-state index contributed by atoms with van der Waals surface area (Å²) in [5.74, 6) is 0. The van der Waals surface area contributed by atoms with Crippen LogP contribution in [-0.4, -0.2) is 9.13 Å². The molecule has 3 heterocycles. The number of nitrogens with zero attached hydrogens (tertiary/aromatic N) is 2. The quantitative estimate of drug-likeness (QED) is 0.186. The van der Waals surface area contributed by atoms with E-state index in [0.717, 1.165) is 38.7 Å². The average molecular weight is 651 g/mol. The molecule has 11 aromatic rings. The van der Waals surface area contributed by atoms with Crippen molar-refractivity contribution in [3.63, 3.8) is 0 Å². The second-order valence-corrected chi connectivity index (χ2v) is 13.3. The number of hydrogen-bond donors (Lipinski definition) is 0. The second-order valence-electron chi connectivity index (χ2n) is 13.3. The van der Waals surface area contributed by atoms with Crippen LogP contribution in [0.5, 0.6) is 0 Å². The third-order valence-corrected chi connectivity index (χ3v) is 10.5. The average Bonchev–Trinajstić information content (AvgIpc) is 3.86. The van der Waals surface area contributed by atoms with Gasteiger partial charge in [-0.05, 0) is 82.9 Å². The minimum Gasteiger partial charge on any atom is -0.454 e. The fourth-order valence-corrected chi connectivity index (χ4v) is 8.29. The van der Waals surface area contributed by atoms with Gasteiger partial charge in [0.15, 0.2) is 5.58 Å². The molecule has 0 aliphatic rings. The SMILES string of the molecule is c1ccc(-c2cccc3oc4c(-n5c6ccccc6c6cc(-c7ccc8c(c7)c7ccccc7n8-c7ccccc7)ccc65)cccc4c23)cc1. The Hall–Kier alpha value is -6.84. The number of fused-ring (bicyclic) bond motifs is 9. The monoisotopic (exact) mass is 650 g/mol. The zero-order valence-electron chi connectivity index (χ0n) is 27.6. The van der Waals surface area contributed by atoms with Crippen LogP contribution in [0.15, 0.2) is 186 Å². The van der Waals surface area contributed by atoms with E-state index in [0.29, 0.717) is 0 Å². The number of furan rings is 1. The minimum atomic E-state index is 0.892. The molecule has 0 saturated heterocycles. The minimum absolute atomic E-state index is 0.892. The smallest absolute Gasteiger partial charge is 0.159 e. The predicted molar refractivity (Wildman–Crippen MR) is 213 cm³/mol. The van der Waals surface area contributed by atoms with Crippen LogP contribution in [0.4, 0.5) is 0 Å². The molecular formula is C48H30N2O. The zero-order chi connectivity index (χ0) is 33.5. The van der Waals surface area contributed by atoms with Crippen molar-refractivity contribution in [1.29, 1.82) is 0 Å². The highest BCUT2D eigenvalue weighted by atomic mass is 16.3. The highest BCUT2D eigenvalue weighted by Gasteiger charge is 2.20.